The van der Waals surface area contributed by atoms with Crippen LogP contribution in [0.2, 0.25) is 5.02 Å². The zero-order valence-electron chi connectivity index (χ0n) is 19.5. The molecule has 2 aromatic carbocycles. The van der Waals surface area contributed by atoms with Gasteiger partial charge in [-0.25, -0.2) is 4.79 Å². The molecule has 0 unspecified atom stereocenters. The molecule has 0 radical (unpaired) electrons. The van der Waals surface area contributed by atoms with E-state index < -0.39 is 6.09 Å². The minimum atomic E-state index is -1.00. The van der Waals surface area contributed by atoms with Gasteiger partial charge < -0.3 is 24.4 Å². The molecule has 35 heavy (non-hydrogen) atoms. The molecule has 1 saturated heterocycles. The topological polar surface area (TPSA) is 86.1 Å². The summed E-state index contributed by atoms with van der Waals surface area (Å²) in [6.07, 6.45) is 2.68. The molecule has 1 fully saturated rings. The first-order chi connectivity index (χ1) is 16.8. The number of anilines is 1. The molecule has 3 heterocycles. The third-order valence-electron chi connectivity index (χ3n) is 7.06. The largest absolute Gasteiger partial charge is 0.465 e. The number of hydrogen-bond acceptors (Lipinski definition) is 3. The molecular formula is C26H27ClN4O4. The smallest absolute Gasteiger partial charge is 0.407 e. The van der Waals surface area contributed by atoms with Crippen LogP contribution in [-0.2, 0) is 17.8 Å². The number of aromatic nitrogens is 1. The van der Waals surface area contributed by atoms with Crippen molar-refractivity contribution >= 4 is 46.1 Å². The van der Waals surface area contributed by atoms with Crippen LogP contribution in [0.1, 0.15) is 28.8 Å². The molecule has 0 atom stereocenters. The third-order valence-corrected chi connectivity index (χ3v) is 7.29. The highest BCUT2D eigenvalue weighted by molar-refractivity contribution is 6.31. The number of carboxylic acid groups (broad SMARTS) is 1. The molecule has 2 aliphatic heterocycles. The van der Waals surface area contributed by atoms with E-state index in [9.17, 15) is 14.4 Å². The van der Waals surface area contributed by atoms with Gasteiger partial charge in [-0.05, 0) is 36.6 Å². The van der Waals surface area contributed by atoms with Gasteiger partial charge in [0, 0.05) is 61.6 Å². The van der Waals surface area contributed by atoms with Crippen molar-refractivity contribution in [2.24, 2.45) is 0 Å². The lowest BCUT2D eigenvalue weighted by molar-refractivity contribution is -0.118. The summed E-state index contributed by atoms with van der Waals surface area (Å²) in [7, 11) is 1.51. The Kier molecular flexibility index (Phi) is 6.15. The number of likely N-dealkylation sites (N-methyl/N-ethyl adjacent to an activating group) is 1. The summed E-state index contributed by atoms with van der Waals surface area (Å²) < 4.78 is 1.89. The Morgan fingerprint density at radius 3 is 2.63 bits per heavy atom. The molecule has 182 valence electrons. The number of likely N-dealkylation sites (tertiary alicyclic amines) is 1. The molecule has 9 heteroatoms. The number of fused-ring (bicyclic) bond motifs is 2. The second-order valence-corrected chi connectivity index (χ2v) is 9.63. The third kappa shape index (κ3) is 4.34. The van der Waals surface area contributed by atoms with E-state index in [4.69, 9.17) is 16.7 Å². The molecule has 5 rings (SSSR count). The van der Waals surface area contributed by atoms with Crippen LogP contribution in [0.5, 0.6) is 0 Å². The molecule has 8 nitrogen and oxygen atoms in total. The number of amides is 3. The molecule has 3 aromatic rings. The van der Waals surface area contributed by atoms with E-state index in [1.54, 1.807) is 18.3 Å². The van der Waals surface area contributed by atoms with E-state index >= 15 is 0 Å². The Hall–Kier alpha value is -3.52. The minimum absolute atomic E-state index is 0.0609. The summed E-state index contributed by atoms with van der Waals surface area (Å²) in [5, 5.41) is 10.5. The highest BCUT2D eigenvalue weighted by Gasteiger charge is 2.36. The van der Waals surface area contributed by atoms with E-state index in [0.29, 0.717) is 36.6 Å². The zero-order valence-corrected chi connectivity index (χ0v) is 20.2. The monoisotopic (exact) mass is 494 g/mol. The predicted molar refractivity (Wildman–Crippen MR) is 134 cm³/mol. The van der Waals surface area contributed by atoms with Crippen LogP contribution in [0.3, 0.4) is 0 Å². The first-order valence-corrected chi connectivity index (χ1v) is 12.1. The van der Waals surface area contributed by atoms with Crippen molar-refractivity contribution in [1.82, 2.24) is 14.4 Å². The number of rotatable bonds is 5. The Balaban J connectivity index is 1.33. The molecule has 0 saturated carbocycles. The van der Waals surface area contributed by atoms with Crippen molar-refractivity contribution in [3.05, 3.63) is 64.8 Å². The Morgan fingerprint density at radius 2 is 1.89 bits per heavy atom. The number of benzene rings is 2. The summed E-state index contributed by atoms with van der Waals surface area (Å²) in [5.41, 5.74) is 3.44. The van der Waals surface area contributed by atoms with Gasteiger partial charge in [0.05, 0.1) is 17.5 Å². The highest BCUT2D eigenvalue weighted by Crippen LogP contribution is 2.34. The molecule has 0 aliphatic carbocycles. The van der Waals surface area contributed by atoms with E-state index in [-0.39, 0.29) is 24.4 Å². The van der Waals surface area contributed by atoms with Crippen molar-refractivity contribution in [3.8, 4) is 0 Å². The molecule has 1 N–H and O–H groups in total. The summed E-state index contributed by atoms with van der Waals surface area (Å²) >= 11 is 6.22. The first kappa shape index (κ1) is 23.2. The fourth-order valence-electron chi connectivity index (χ4n) is 5.15. The minimum Gasteiger partial charge on any atom is -0.465 e. The average Bonchev–Trinajstić information content (AvgIpc) is 3.38. The number of piperidine rings is 1. The van der Waals surface area contributed by atoms with Crippen LogP contribution < -0.4 is 4.90 Å². The van der Waals surface area contributed by atoms with E-state index in [1.165, 1.54) is 11.9 Å². The van der Waals surface area contributed by atoms with E-state index in [1.807, 2.05) is 44.7 Å². The number of carbonyl (C=O) groups excluding carboxylic acids is 2. The lowest BCUT2D eigenvalue weighted by Gasteiger charge is -2.37. The van der Waals surface area contributed by atoms with Crippen molar-refractivity contribution in [3.63, 3.8) is 0 Å². The predicted octanol–water partition coefficient (Wildman–Crippen LogP) is 4.10. The van der Waals surface area contributed by atoms with Crippen molar-refractivity contribution in [2.75, 3.05) is 31.6 Å². The van der Waals surface area contributed by atoms with Gasteiger partial charge in [0.15, 0.2) is 0 Å². The van der Waals surface area contributed by atoms with Gasteiger partial charge >= 0.3 is 6.09 Å². The fraction of sp³-hybridized carbons (Fsp3) is 0.346. The quantitative estimate of drug-likeness (QED) is 0.578. The summed E-state index contributed by atoms with van der Waals surface area (Å²) in [5.74, 6) is 0.0662. The molecule has 3 amide bonds. The first-order valence-electron chi connectivity index (χ1n) is 11.7. The summed E-state index contributed by atoms with van der Waals surface area (Å²) in [6.45, 7) is 1.83. The number of halogens is 1. The maximum atomic E-state index is 13.5. The van der Waals surface area contributed by atoms with Gasteiger partial charge in [-0.15, -0.1) is 0 Å². The van der Waals surface area contributed by atoms with Gasteiger partial charge in [0.25, 0.3) is 5.91 Å². The molecule has 0 bridgehead atoms. The highest BCUT2D eigenvalue weighted by atomic mass is 35.5. The zero-order chi connectivity index (χ0) is 24.7. The Morgan fingerprint density at radius 1 is 1.14 bits per heavy atom. The standard InChI is InChI=1S/C26H27ClN4O4/c1-28(26(34)35)12-13-30-16-21(20-7-6-18(27)15-23(20)30)25(33)29-10-8-19(9-11-29)31-22-5-3-2-4-17(22)14-24(31)32/h2-7,15-16,19H,8-14H2,1H3,(H,34,35). The van der Waals surface area contributed by atoms with Crippen LogP contribution in [0.25, 0.3) is 10.9 Å². The maximum absolute atomic E-state index is 13.5. The van der Waals surface area contributed by atoms with E-state index in [2.05, 4.69) is 0 Å². The van der Waals surface area contributed by atoms with Gasteiger partial charge in [-0.2, -0.15) is 0 Å². The number of carbonyl (C=O) groups is 3. The van der Waals surface area contributed by atoms with Gasteiger partial charge in [-0.1, -0.05) is 35.9 Å². The maximum Gasteiger partial charge on any atom is 0.407 e. The van der Waals surface area contributed by atoms with Gasteiger partial charge in [0.2, 0.25) is 5.91 Å². The van der Waals surface area contributed by atoms with E-state index in [0.717, 1.165) is 35.0 Å². The summed E-state index contributed by atoms with van der Waals surface area (Å²) in [6, 6.07) is 13.4. The normalized spacial score (nSPS) is 16.1. The van der Waals surface area contributed by atoms with Crippen LogP contribution in [0, 0.1) is 0 Å². The fourth-order valence-corrected chi connectivity index (χ4v) is 5.32. The van der Waals surface area contributed by atoms with Gasteiger partial charge in [0.1, 0.15) is 0 Å². The summed E-state index contributed by atoms with van der Waals surface area (Å²) in [4.78, 5) is 42.4. The molecule has 1 aromatic heterocycles. The Labute approximate surface area is 208 Å². The van der Waals surface area contributed by atoms with Crippen LogP contribution >= 0.6 is 11.6 Å². The lowest BCUT2D eigenvalue weighted by Crippen LogP contribution is -2.48. The molecule has 2 aliphatic rings. The second-order valence-electron chi connectivity index (χ2n) is 9.19. The average molecular weight is 495 g/mol. The number of hydrogen-bond donors (Lipinski definition) is 1. The number of nitrogens with zero attached hydrogens (tertiary/aromatic N) is 4. The Bertz CT molecular complexity index is 1310. The van der Waals surface area contributed by atoms with Crippen molar-refractivity contribution in [1.29, 1.82) is 0 Å². The van der Waals surface area contributed by atoms with Crippen LogP contribution in [0.4, 0.5) is 10.5 Å². The van der Waals surface area contributed by atoms with Gasteiger partial charge in [-0.3, -0.25) is 9.59 Å². The van der Waals surface area contributed by atoms with Crippen molar-refractivity contribution < 1.29 is 19.5 Å². The van der Waals surface area contributed by atoms with Crippen molar-refractivity contribution in [2.45, 2.75) is 31.8 Å². The van der Waals surface area contributed by atoms with Crippen LogP contribution in [-0.4, -0.2) is 70.1 Å². The second kappa shape index (κ2) is 9.26. The lowest BCUT2D eigenvalue weighted by atomic mass is 10.0. The molecular weight excluding hydrogens is 468 g/mol. The van der Waals surface area contributed by atoms with Crippen LogP contribution in [0.15, 0.2) is 48.7 Å². The number of para-hydroxylation sites is 1. The molecule has 0 spiro atoms. The SMILES string of the molecule is CN(CCn1cc(C(=O)N2CCC(N3C(=O)Cc4ccccc43)CC2)c2ccc(Cl)cc21)C(=O)O.